The van der Waals surface area contributed by atoms with Gasteiger partial charge in [0.15, 0.2) is 11.5 Å². The van der Waals surface area contributed by atoms with Crippen molar-refractivity contribution in [2.24, 2.45) is 0 Å². The first-order chi connectivity index (χ1) is 12.3. The van der Waals surface area contributed by atoms with Gasteiger partial charge in [-0.15, -0.1) is 0 Å². The summed E-state index contributed by atoms with van der Waals surface area (Å²) in [7, 11) is 0. The quantitative estimate of drug-likeness (QED) is 0.827. The van der Waals surface area contributed by atoms with Crippen LogP contribution in [-0.4, -0.2) is 18.9 Å². The fraction of sp³-hybridized carbons (Fsp3) is 0.211. The molecule has 0 saturated carbocycles. The molecule has 2 aromatic carbocycles. The Bertz CT molecular complexity index is 832. The van der Waals surface area contributed by atoms with Gasteiger partial charge in [-0.3, -0.25) is 4.79 Å². The lowest BCUT2D eigenvalue weighted by atomic mass is 10.0. The van der Waals surface area contributed by atoms with E-state index in [4.69, 9.17) is 9.47 Å². The number of amides is 1. The minimum Gasteiger partial charge on any atom is -0.454 e. The highest BCUT2D eigenvalue weighted by Gasteiger charge is 2.35. The maximum absolute atomic E-state index is 13.3. The molecule has 7 heteroatoms. The number of nitrogens with one attached hydrogen (secondary N) is 1. The smallest absolute Gasteiger partial charge is 0.417 e. The molecular weight excluding hydrogens is 347 g/mol. The third-order valence-electron chi connectivity index (χ3n) is 3.92. The van der Waals surface area contributed by atoms with Gasteiger partial charge >= 0.3 is 6.18 Å². The average Bonchev–Trinajstić information content (AvgIpc) is 3.07. The number of hydrogen-bond acceptors (Lipinski definition) is 3. The molecule has 1 heterocycles. The summed E-state index contributed by atoms with van der Waals surface area (Å²) in [5.74, 6) is 0.307. The standard InChI is InChI=1S/C19H16F3NO3/c1-12(14-7-8-16-17(9-14)26-11-25-16)23-18(24)10-15(19(20,21)22)13-5-3-2-4-6-13/h2-10,12H,11H2,1H3,(H,23,24)/b15-10-. The van der Waals surface area contributed by atoms with Gasteiger partial charge in [0.1, 0.15) is 0 Å². The van der Waals surface area contributed by atoms with Gasteiger partial charge in [0.2, 0.25) is 12.7 Å². The zero-order valence-corrected chi connectivity index (χ0v) is 13.8. The Morgan fingerprint density at radius 2 is 1.81 bits per heavy atom. The molecule has 1 N–H and O–H groups in total. The molecule has 1 atom stereocenters. The van der Waals surface area contributed by atoms with Crippen molar-refractivity contribution in [3.63, 3.8) is 0 Å². The topological polar surface area (TPSA) is 47.6 Å². The molecule has 3 rings (SSSR count). The molecule has 0 radical (unpaired) electrons. The van der Waals surface area contributed by atoms with Crippen LogP contribution in [0.3, 0.4) is 0 Å². The van der Waals surface area contributed by atoms with Gasteiger partial charge in [0, 0.05) is 6.08 Å². The van der Waals surface area contributed by atoms with E-state index < -0.39 is 23.7 Å². The third-order valence-corrected chi connectivity index (χ3v) is 3.92. The highest BCUT2D eigenvalue weighted by Crippen LogP contribution is 2.35. The summed E-state index contributed by atoms with van der Waals surface area (Å²) in [6, 6.07) is 11.8. The Hall–Kier alpha value is -2.96. The lowest BCUT2D eigenvalue weighted by molar-refractivity contribution is -0.117. The summed E-state index contributed by atoms with van der Waals surface area (Å²) >= 11 is 0. The Balaban J connectivity index is 1.78. The van der Waals surface area contributed by atoms with E-state index in [9.17, 15) is 18.0 Å². The zero-order chi connectivity index (χ0) is 18.7. The van der Waals surface area contributed by atoms with Crippen molar-refractivity contribution in [1.82, 2.24) is 5.32 Å². The number of allylic oxidation sites excluding steroid dienone is 1. The van der Waals surface area contributed by atoms with Crippen molar-refractivity contribution in [3.8, 4) is 11.5 Å². The van der Waals surface area contributed by atoms with Crippen LogP contribution in [0.5, 0.6) is 11.5 Å². The molecule has 0 aromatic heterocycles. The van der Waals surface area contributed by atoms with E-state index in [1.807, 2.05) is 0 Å². The van der Waals surface area contributed by atoms with E-state index in [-0.39, 0.29) is 12.4 Å². The maximum atomic E-state index is 13.3. The van der Waals surface area contributed by atoms with Gasteiger partial charge in [-0.25, -0.2) is 0 Å². The second-order valence-electron chi connectivity index (χ2n) is 5.76. The maximum Gasteiger partial charge on any atom is 0.417 e. The van der Waals surface area contributed by atoms with E-state index in [1.165, 1.54) is 24.3 Å². The summed E-state index contributed by atoms with van der Waals surface area (Å²) in [6.07, 6.45) is -4.06. The van der Waals surface area contributed by atoms with E-state index in [0.717, 1.165) is 0 Å². The molecule has 1 unspecified atom stereocenters. The van der Waals surface area contributed by atoms with Crippen LogP contribution < -0.4 is 14.8 Å². The monoisotopic (exact) mass is 363 g/mol. The van der Waals surface area contributed by atoms with E-state index in [2.05, 4.69) is 5.32 Å². The molecule has 0 aliphatic carbocycles. The van der Waals surface area contributed by atoms with Gasteiger partial charge in [-0.1, -0.05) is 36.4 Å². The molecule has 0 fully saturated rings. The predicted octanol–water partition coefficient (Wildman–Crippen LogP) is 4.24. The zero-order valence-electron chi connectivity index (χ0n) is 13.8. The number of carbonyl (C=O) groups is 1. The fourth-order valence-electron chi connectivity index (χ4n) is 2.60. The second kappa shape index (κ2) is 7.11. The molecule has 136 valence electrons. The van der Waals surface area contributed by atoms with E-state index in [0.29, 0.717) is 23.1 Å². The lowest BCUT2D eigenvalue weighted by Gasteiger charge is -2.15. The van der Waals surface area contributed by atoms with Crippen LogP contribution in [0.15, 0.2) is 54.6 Å². The molecule has 2 aromatic rings. The second-order valence-corrected chi connectivity index (χ2v) is 5.76. The van der Waals surface area contributed by atoms with Gasteiger partial charge in [0.25, 0.3) is 0 Å². The SMILES string of the molecule is CC(NC(=O)/C=C(/c1ccccc1)C(F)(F)F)c1ccc2c(c1)OCO2. The van der Waals surface area contributed by atoms with Gasteiger partial charge in [0.05, 0.1) is 11.6 Å². The Labute approximate surface area is 148 Å². The molecule has 1 aliphatic rings. The number of benzene rings is 2. The number of ether oxygens (including phenoxy) is 2. The van der Waals surface area contributed by atoms with Crippen LogP contribution in [0.4, 0.5) is 13.2 Å². The number of halogens is 3. The molecule has 0 saturated heterocycles. The van der Waals surface area contributed by atoms with Crippen molar-refractivity contribution >= 4 is 11.5 Å². The highest BCUT2D eigenvalue weighted by atomic mass is 19.4. The summed E-state index contributed by atoms with van der Waals surface area (Å²) in [6.45, 7) is 1.80. The Morgan fingerprint density at radius 1 is 1.12 bits per heavy atom. The number of fused-ring (bicyclic) bond motifs is 1. The number of rotatable bonds is 4. The fourth-order valence-corrected chi connectivity index (χ4v) is 2.60. The summed E-state index contributed by atoms with van der Waals surface area (Å²) in [5, 5.41) is 2.55. The largest absolute Gasteiger partial charge is 0.454 e. The van der Waals surface area contributed by atoms with Crippen LogP contribution in [-0.2, 0) is 4.79 Å². The third kappa shape index (κ3) is 3.99. The van der Waals surface area contributed by atoms with E-state index >= 15 is 0 Å². The van der Waals surface area contributed by atoms with Crippen molar-refractivity contribution < 1.29 is 27.4 Å². The molecular formula is C19H16F3NO3. The summed E-state index contributed by atoms with van der Waals surface area (Å²) < 4.78 is 50.4. The van der Waals surface area contributed by atoms with Crippen LogP contribution in [0.2, 0.25) is 0 Å². The molecule has 26 heavy (non-hydrogen) atoms. The number of alkyl halides is 3. The average molecular weight is 363 g/mol. The normalized spacial score (nSPS) is 14.8. The van der Waals surface area contributed by atoms with E-state index in [1.54, 1.807) is 31.2 Å². The van der Waals surface area contributed by atoms with Crippen molar-refractivity contribution in [3.05, 3.63) is 65.7 Å². The van der Waals surface area contributed by atoms with Gasteiger partial charge in [-0.2, -0.15) is 13.2 Å². The van der Waals surface area contributed by atoms with Crippen molar-refractivity contribution in [1.29, 1.82) is 0 Å². The van der Waals surface area contributed by atoms with Crippen LogP contribution in [0, 0.1) is 0 Å². The van der Waals surface area contributed by atoms with Gasteiger partial charge in [-0.05, 0) is 30.2 Å². The predicted molar refractivity (Wildman–Crippen MR) is 89.6 cm³/mol. The molecule has 4 nitrogen and oxygen atoms in total. The first-order valence-corrected chi connectivity index (χ1v) is 7.89. The lowest BCUT2D eigenvalue weighted by Crippen LogP contribution is -2.26. The number of hydrogen-bond donors (Lipinski definition) is 1. The summed E-state index contributed by atoms with van der Waals surface area (Å²) in [5.41, 5.74) is -0.358. The van der Waals surface area contributed by atoms with Gasteiger partial charge < -0.3 is 14.8 Å². The summed E-state index contributed by atoms with van der Waals surface area (Å²) in [4.78, 5) is 12.1. The Morgan fingerprint density at radius 3 is 2.50 bits per heavy atom. The Kier molecular flexibility index (Phi) is 4.88. The van der Waals surface area contributed by atoms with Crippen molar-refractivity contribution in [2.45, 2.75) is 19.1 Å². The van der Waals surface area contributed by atoms with Crippen molar-refractivity contribution in [2.75, 3.05) is 6.79 Å². The van der Waals surface area contributed by atoms with Crippen LogP contribution in [0.1, 0.15) is 24.1 Å². The van der Waals surface area contributed by atoms with Crippen LogP contribution >= 0.6 is 0 Å². The molecule has 1 aliphatic heterocycles. The molecule has 0 spiro atoms. The highest BCUT2D eigenvalue weighted by molar-refractivity contribution is 5.96. The minimum atomic E-state index is -4.64. The number of carbonyl (C=O) groups excluding carboxylic acids is 1. The molecule has 1 amide bonds. The first-order valence-electron chi connectivity index (χ1n) is 7.89. The first kappa shape index (κ1) is 17.8. The van der Waals surface area contributed by atoms with Crippen LogP contribution in [0.25, 0.3) is 5.57 Å². The molecule has 0 bridgehead atoms. The minimum absolute atomic E-state index is 0.0640.